The van der Waals surface area contributed by atoms with E-state index in [2.05, 4.69) is 5.16 Å². The summed E-state index contributed by atoms with van der Waals surface area (Å²) in [5.74, 6) is 0.333. The predicted molar refractivity (Wildman–Crippen MR) is 84.9 cm³/mol. The van der Waals surface area contributed by atoms with Crippen LogP contribution in [0.2, 0.25) is 0 Å². The van der Waals surface area contributed by atoms with E-state index >= 15 is 0 Å². The van der Waals surface area contributed by atoms with Crippen molar-refractivity contribution in [2.75, 3.05) is 12.3 Å². The van der Waals surface area contributed by atoms with E-state index in [1.165, 1.54) is 5.56 Å². The Bertz CT molecular complexity index is 729. The Morgan fingerprint density at radius 1 is 1.36 bits per heavy atom. The number of nitrogen functional groups attached to an aromatic ring is 1. The summed E-state index contributed by atoms with van der Waals surface area (Å²) in [6, 6.07) is 8.10. The lowest BCUT2D eigenvalue weighted by atomic mass is 10.1. The first-order chi connectivity index (χ1) is 10.5. The molecule has 0 fully saturated rings. The molecule has 0 saturated carbocycles. The van der Waals surface area contributed by atoms with Crippen molar-refractivity contribution in [3.63, 3.8) is 0 Å². The van der Waals surface area contributed by atoms with E-state index in [0.29, 0.717) is 31.0 Å². The third-order valence-corrected chi connectivity index (χ3v) is 3.95. The molecule has 3 rings (SSSR count). The van der Waals surface area contributed by atoms with Crippen LogP contribution in [0.15, 0.2) is 34.4 Å². The predicted octanol–water partition coefficient (Wildman–Crippen LogP) is 2.55. The summed E-state index contributed by atoms with van der Waals surface area (Å²) in [6.45, 7) is 4.98. The van der Waals surface area contributed by atoms with Crippen LogP contribution in [0.4, 0.5) is 5.88 Å². The summed E-state index contributed by atoms with van der Waals surface area (Å²) >= 11 is 0. The second-order valence-electron chi connectivity index (χ2n) is 5.69. The molecule has 5 nitrogen and oxygen atoms in total. The van der Waals surface area contributed by atoms with Gasteiger partial charge in [0.15, 0.2) is 0 Å². The van der Waals surface area contributed by atoms with Crippen molar-refractivity contribution < 1.29 is 9.32 Å². The van der Waals surface area contributed by atoms with Crippen LogP contribution in [0, 0.1) is 6.92 Å². The molecule has 2 heterocycles. The van der Waals surface area contributed by atoms with E-state index in [1.54, 1.807) is 4.90 Å². The summed E-state index contributed by atoms with van der Waals surface area (Å²) < 4.78 is 4.99. The third kappa shape index (κ3) is 2.74. The van der Waals surface area contributed by atoms with Crippen LogP contribution in [-0.4, -0.2) is 22.5 Å². The largest absolute Gasteiger partial charge is 0.367 e. The number of amides is 1. The molecule has 1 amide bonds. The van der Waals surface area contributed by atoms with Crippen LogP contribution in [0.1, 0.15) is 29.3 Å². The first kappa shape index (κ1) is 14.4. The second kappa shape index (κ2) is 5.67. The van der Waals surface area contributed by atoms with Crippen molar-refractivity contribution in [1.29, 1.82) is 0 Å². The van der Waals surface area contributed by atoms with E-state index in [9.17, 15) is 4.79 Å². The van der Waals surface area contributed by atoms with Gasteiger partial charge in [0.05, 0.1) is 17.8 Å². The van der Waals surface area contributed by atoms with Crippen molar-refractivity contribution in [3.8, 4) is 0 Å². The van der Waals surface area contributed by atoms with Crippen molar-refractivity contribution in [3.05, 3.63) is 52.2 Å². The highest BCUT2D eigenvalue weighted by molar-refractivity contribution is 5.97. The minimum atomic E-state index is 0.0202. The highest BCUT2D eigenvalue weighted by atomic mass is 16.5. The molecule has 5 heteroatoms. The van der Waals surface area contributed by atoms with Crippen molar-refractivity contribution in [1.82, 2.24) is 10.1 Å². The Morgan fingerprint density at radius 3 is 2.82 bits per heavy atom. The van der Waals surface area contributed by atoms with Crippen LogP contribution >= 0.6 is 0 Å². The number of nitrogens with zero attached hydrogens (tertiary/aromatic N) is 2. The van der Waals surface area contributed by atoms with Gasteiger partial charge >= 0.3 is 0 Å². The fraction of sp³-hybridized carbons (Fsp3) is 0.294. The highest BCUT2D eigenvalue weighted by Crippen LogP contribution is 2.24. The van der Waals surface area contributed by atoms with Crippen molar-refractivity contribution >= 4 is 17.9 Å². The zero-order valence-corrected chi connectivity index (χ0v) is 12.8. The molecule has 0 aliphatic carbocycles. The van der Waals surface area contributed by atoms with E-state index < -0.39 is 0 Å². The number of rotatable bonds is 2. The maximum Gasteiger partial charge on any atom is 0.249 e. The molecule has 2 N–H and O–H groups in total. The monoisotopic (exact) mass is 297 g/mol. The third-order valence-electron chi connectivity index (χ3n) is 3.95. The summed E-state index contributed by atoms with van der Waals surface area (Å²) in [5.41, 5.74) is 10.4. The Hall–Kier alpha value is -2.56. The van der Waals surface area contributed by atoms with Gasteiger partial charge < -0.3 is 15.2 Å². The molecule has 1 aliphatic rings. The van der Waals surface area contributed by atoms with Crippen LogP contribution in [0.5, 0.6) is 0 Å². The van der Waals surface area contributed by atoms with Crippen LogP contribution in [-0.2, 0) is 17.8 Å². The van der Waals surface area contributed by atoms with Gasteiger partial charge in [0.2, 0.25) is 11.8 Å². The number of hydrogen-bond donors (Lipinski definition) is 1. The van der Waals surface area contributed by atoms with E-state index in [4.69, 9.17) is 10.3 Å². The minimum absolute atomic E-state index is 0.0202. The Labute approximate surface area is 129 Å². The number of benzene rings is 1. The van der Waals surface area contributed by atoms with Gasteiger partial charge in [-0.2, -0.15) is 0 Å². The van der Waals surface area contributed by atoms with E-state index in [0.717, 1.165) is 16.8 Å². The number of fused-ring (bicyclic) bond motifs is 1. The average Bonchev–Trinajstić information content (AvgIpc) is 2.89. The number of aryl methyl sites for hydroxylation is 1. The molecule has 0 atom stereocenters. The number of hydrogen-bond acceptors (Lipinski definition) is 4. The maximum atomic E-state index is 12.6. The molecule has 0 unspecified atom stereocenters. The van der Waals surface area contributed by atoms with Gasteiger partial charge in [-0.15, -0.1) is 0 Å². The van der Waals surface area contributed by atoms with E-state index in [1.807, 2.05) is 44.2 Å². The highest BCUT2D eigenvalue weighted by Gasteiger charge is 2.26. The summed E-state index contributed by atoms with van der Waals surface area (Å²) in [7, 11) is 0. The second-order valence-corrected chi connectivity index (χ2v) is 5.69. The SMILES string of the molecule is C/C(=C\c1ccc(C)cc1)C(=O)N1CCc2noc(N)c2C1. The zero-order chi connectivity index (χ0) is 15.7. The van der Waals surface area contributed by atoms with Crippen LogP contribution in [0.3, 0.4) is 0 Å². The first-order valence-electron chi connectivity index (χ1n) is 7.31. The lowest BCUT2D eigenvalue weighted by molar-refractivity contribution is -0.127. The standard InChI is InChI=1S/C17H19N3O2/c1-11-3-5-13(6-4-11)9-12(2)17(21)20-8-7-15-14(10-20)16(18)22-19-15/h3-6,9H,7-8,10,18H2,1-2H3/b12-9+. The van der Waals surface area contributed by atoms with Gasteiger partial charge in [-0.3, -0.25) is 4.79 Å². The molecule has 0 radical (unpaired) electrons. The molecule has 1 aliphatic heterocycles. The van der Waals surface area contributed by atoms with Crippen molar-refractivity contribution in [2.24, 2.45) is 0 Å². The smallest absolute Gasteiger partial charge is 0.249 e. The van der Waals surface area contributed by atoms with E-state index in [-0.39, 0.29) is 5.91 Å². The average molecular weight is 297 g/mol. The zero-order valence-electron chi connectivity index (χ0n) is 12.8. The minimum Gasteiger partial charge on any atom is -0.367 e. The molecule has 2 aromatic rings. The van der Waals surface area contributed by atoms with Gasteiger partial charge in [-0.25, -0.2) is 0 Å². The molecular formula is C17H19N3O2. The lowest BCUT2D eigenvalue weighted by Crippen LogP contribution is -2.36. The summed E-state index contributed by atoms with van der Waals surface area (Å²) in [4.78, 5) is 14.4. The number of nitrogens with two attached hydrogens (primary N) is 1. The lowest BCUT2D eigenvalue weighted by Gasteiger charge is -2.26. The topological polar surface area (TPSA) is 72.4 Å². The molecule has 0 bridgehead atoms. The fourth-order valence-electron chi connectivity index (χ4n) is 2.63. The molecule has 1 aromatic heterocycles. The van der Waals surface area contributed by atoms with Gasteiger partial charge in [0, 0.05) is 18.5 Å². The summed E-state index contributed by atoms with van der Waals surface area (Å²) in [5, 5.41) is 3.92. The number of anilines is 1. The van der Waals surface area contributed by atoms with Gasteiger partial charge in [-0.05, 0) is 25.5 Å². The van der Waals surface area contributed by atoms with Crippen molar-refractivity contribution in [2.45, 2.75) is 26.8 Å². The molecular weight excluding hydrogens is 278 g/mol. The first-order valence-corrected chi connectivity index (χ1v) is 7.31. The Balaban J connectivity index is 1.76. The van der Waals surface area contributed by atoms with Gasteiger partial charge in [0.25, 0.3) is 0 Å². The van der Waals surface area contributed by atoms with Crippen LogP contribution < -0.4 is 5.73 Å². The molecule has 1 aromatic carbocycles. The molecule has 22 heavy (non-hydrogen) atoms. The maximum absolute atomic E-state index is 12.6. The van der Waals surface area contributed by atoms with Gasteiger partial charge in [-0.1, -0.05) is 35.0 Å². The molecule has 0 saturated heterocycles. The normalized spacial score (nSPS) is 14.8. The molecule has 114 valence electrons. The summed E-state index contributed by atoms with van der Waals surface area (Å²) in [6.07, 6.45) is 2.59. The number of aromatic nitrogens is 1. The Morgan fingerprint density at radius 2 is 2.09 bits per heavy atom. The van der Waals surface area contributed by atoms with Gasteiger partial charge in [0.1, 0.15) is 0 Å². The number of carbonyl (C=O) groups excluding carboxylic acids is 1. The fourth-order valence-corrected chi connectivity index (χ4v) is 2.63. The van der Waals surface area contributed by atoms with Crippen LogP contribution in [0.25, 0.3) is 6.08 Å². The Kier molecular flexibility index (Phi) is 3.71. The number of carbonyl (C=O) groups is 1. The molecule has 0 spiro atoms. The quantitative estimate of drug-likeness (QED) is 0.865.